The third kappa shape index (κ3) is 5.82. The minimum Gasteiger partial charge on any atom is -0.382 e. The number of hydrogen-bond acceptors (Lipinski definition) is 5. The Labute approximate surface area is 187 Å². The number of pyridine rings is 1. The molecule has 0 saturated carbocycles. The number of nitrogens with one attached hydrogen (secondary N) is 2. The first-order valence-corrected chi connectivity index (χ1v) is 11.5. The summed E-state index contributed by atoms with van der Waals surface area (Å²) in [5.74, 6) is 0.432. The van der Waals surface area contributed by atoms with E-state index in [4.69, 9.17) is 16.3 Å². The van der Waals surface area contributed by atoms with Gasteiger partial charge in [0.25, 0.3) is 0 Å². The predicted octanol–water partition coefficient (Wildman–Crippen LogP) is 4.49. The van der Waals surface area contributed by atoms with Gasteiger partial charge >= 0.3 is 0 Å². The van der Waals surface area contributed by atoms with E-state index in [0.717, 1.165) is 63.1 Å². The van der Waals surface area contributed by atoms with Gasteiger partial charge in [-0.3, -0.25) is 9.78 Å². The number of anilines is 1. The van der Waals surface area contributed by atoms with Crippen molar-refractivity contribution in [2.45, 2.75) is 32.1 Å². The summed E-state index contributed by atoms with van der Waals surface area (Å²) >= 11 is 6.42. The highest BCUT2D eigenvalue weighted by Crippen LogP contribution is 2.31. The van der Waals surface area contributed by atoms with Gasteiger partial charge in [-0.1, -0.05) is 17.7 Å². The van der Waals surface area contributed by atoms with Crippen LogP contribution in [0, 0.1) is 17.7 Å². The van der Waals surface area contributed by atoms with Gasteiger partial charge in [0, 0.05) is 56.1 Å². The maximum absolute atomic E-state index is 14.4. The van der Waals surface area contributed by atoms with Crippen LogP contribution in [0.2, 0.25) is 5.02 Å². The third-order valence-electron chi connectivity index (χ3n) is 6.22. The fraction of sp³-hybridized carbons (Fsp3) is 0.500. The average molecular weight is 446 g/mol. The SMILES string of the molecule is O=C(Cc1cc(-c2ccc(F)c(NCC3CCOCC3)c2)c(Cl)cn1)[C@@H]1CCCNC1. The van der Waals surface area contributed by atoms with Crippen LogP contribution in [-0.4, -0.2) is 43.6 Å². The van der Waals surface area contributed by atoms with E-state index >= 15 is 0 Å². The van der Waals surface area contributed by atoms with Crippen LogP contribution in [0.1, 0.15) is 31.4 Å². The van der Waals surface area contributed by atoms with Gasteiger partial charge in [-0.2, -0.15) is 0 Å². The lowest BCUT2D eigenvalue weighted by atomic mass is 9.92. The van der Waals surface area contributed by atoms with Gasteiger partial charge in [0.15, 0.2) is 0 Å². The molecule has 1 aromatic heterocycles. The molecule has 0 unspecified atom stereocenters. The quantitative estimate of drug-likeness (QED) is 0.657. The Balaban J connectivity index is 1.48. The molecule has 31 heavy (non-hydrogen) atoms. The van der Waals surface area contributed by atoms with Crippen LogP contribution in [0.5, 0.6) is 0 Å². The van der Waals surface area contributed by atoms with E-state index in [1.54, 1.807) is 18.3 Å². The van der Waals surface area contributed by atoms with Gasteiger partial charge in [0.2, 0.25) is 0 Å². The van der Waals surface area contributed by atoms with E-state index in [1.807, 2.05) is 6.07 Å². The molecule has 2 fully saturated rings. The summed E-state index contributed by atoms with van der Waals surface area (Å²) in [7, 11) is 0. The molecule has 2 saturated heterocycles. The highest BCUT2D eigenvalue weighted by Gasteiger charge is 2.22. The molecule has 0 bridgehead atoms. The number of ether oxygens (including phenoxy) is 1. The Morgan fingerprint density at radius 1 is 1.26 bits per heavy atom. The highest BCUT2D eigenvalue weighted by molar-refractivity contribution is 6.33. The van der Waals surface area contributed by atoms with Crippen molar-refractivity contribution in [1.29, 1.82) is 0 Å². The molecule has 1 atom stereocenters. The predicted molar refractivity (Wildman–Crippen MR) is 121 cm³/mol. The van der Waals surface area contributed by atoms with Crippen LogP contribution in [0.15, 0.2) is 30.5 Å². The summed E-state index contributed by atoms with van der Waals surface area (Å²) in [6, 6.07) is 6.81. The normalized spacial score (nSPS) is 19.9. The monoisotopic (exact) mass is 445 g/mol. The molecule has 0 spiro atoms. The number of hydrogen-bond donors (Lipinski definition) is 2. The van der Waals surface area contributed by atoms with Crippen molar-refractivity contribution in [2.24, 2.45) is 11.8 Å². The summed E-state index contributed by atoms with van der Waals surface area (Å²) in [5, 5.41) is 7.02. The van der Waals surface area contributed by atoms with E-state index < -0.39 is 0 Å². The lowest BCUT2D eigenvalue weighted by Gasteiger charge is -2.23. The summed E-state index contributed by atoms with van der Waals surface area (Å²) in [6.07, 6.45) is 5.78. The zero-order valence-corrected chi connectivity index (χ0v) is 18.4. The van der Waals surface area contributed by atoms with E-state index in [9.17, 15) is 9.18 Å². The number of aromatic nitrogens is 1. The maximum Gasteiger partial charge on any atom is 0.146 e. The fourth-order valence-electron chi connectivity index (χ4n) is 4.28. The minimum atomic E-state index is -0.291. The molecule has 2 aliphatic rings. The van der Waals surface area contributed by atoms with Crippen LogP contribution in [0.4, 0.5) is 10.1 Å². The molecule has 0 aliphatic carbocycles. The van der Waals surface area contributed by atoms with Crippen LogP contribution >= 0.6 is 11.6 Å². The number of halogens is 2. The van der Waals surface area contributed by atoms with Crippen LogP contribution in [0.3, 0.4) is 0 Å². The second-order valence-electron chi connectivity index (χ2n) is 8.47. The first-order valence-electron chi connectivity index (χ1n) is 11.1. The molecule has 1 aromatic carbocycles. The maximum atomic E-state index is 14.4. The number of carbonyl (C=O) groups is 1. The van der Waals surface area contributed by atoms with Crippen molar-refractivity contribution in [1.82, 2.24) is 10.3 Å². The second kappa shape index (κ2) is 10.5. The molecule has 2 N–H and O–H groups in total. The average Bonchev–Trinajstić information content (AvgIpc) is 2.81. The second-order valence-corrected chi connectivity index (χ2v) is 8.88. The molecule has 0 amide bonds. The molecule has 0 radical (unpaired) electrons. The van der Waals surface area contributed by atoms with Crippen molar-refractivity contribution < 1.29 is 13.9 Å². The third-order valence-corrected chi connectivity index (χ3v) is 6.52. The van der Waals surface area contributed by atoms with E-state index in [2.05, 4.69) is 15.6 Å². The van der Waals surface area contributed by atoms with Gasteiger partial charge < -0.3 is 15.4 Å². The number of piperidine rings is 1. The van der Waals surface area contributed by atoms with Gasteiger partial charge in [0.05, 0.1) is 10.7 Å². The van der Waals surface area contributed by atoms with Crippen LogP contribution < -0.4 is 10.6 Å². The molecule has 2 aromatic rings. The Hall–Kier alpha value is -2.02. The Bertz CT molecular complexity index is 912. The van der Waals surface area contributed by atoms with Gasteiger partial charge in [0.1, 0.15) is 11.6 Å². The molecule has 3 heterocycles. The molecular formula is C24H29ClFN3O2. The minimum absolute atomic E-state index is 0.0430. The van der Waals surface area contributed by atoms with Crippen LogP contribution in [0.25, 0.3) is 11.1 Å². The zero-order chi connectivity index (χ0) is 21.6. The Morgan fingerprint density at radius 3 is 2.87 bits per heavy atom. The fourth-order valence-corrected chi connectivity index (χ4v) is 4.49. The Kier molecular flexibility index (Phi) is 7.54. The van der Waals surface area contributed by atoms with E-state index in [-0.39, 0.29) is 23.9 Å². The van der Waals surface area contributed by atoms with E-state index in [1.165, 1.54) is 6.07 Å². The highest BCUT2D eigenvalue weighted by atomic mass is 35.5. The number of ketones is 1. The summed E-state index contributed by atoms with van der Waals surface area (Å²) in [6.45, 7) is 3.95. The summed E-state index contributed by atoms with van der Waals surface area (Å²) < 4.78 is 19.8. The first-order chi connectivity index (χ1) is 15.1. The number of carbonyl (C=O) groups excluding carboxylic acids is 1. The number of rotatable bonds is 7. The molecule has 166 valence electrons. The smallest absolute Gasteiger partial charge is 0.146 e. The van der Waals surface area contributed by atoms with Gasteiger partial charge in [-0.15, -0.1) is 0 Å². The number of Topliss-reactive ketones (excluding diaryl/α,β-unsaturated/α-hetero) is 1. The lowest BCUT2D eigenvalue weighted by molar-refractivity contribution is -0.122. The Morgan fingerprint density at radius 2 is 2.10 bits per heavy atom. The van der Waals surface area contributed by atoms with E-state index in [0.29, 0.717) is 28.9 Å². The summed E-state index contributed by atoms with van der Waals surface area (Å²) in [4.78, 5) is 17.0. The lowest BCUT2D eigenvalue weighted by Crippen LogP contribution is -2.35. The van der Waals surface area contributed by atoms with Crippen molar-refractivity contribution in [3.63, 3.8) is 0 Å². The molecule has 5 nitrogen and oxygen atoms in total. The number of nitrogens with zero attached hydrogens (tertiary/aromatic N) is 1. The topological polar surface area (TPSA) is 63.2 Å². The number of benzene rings is 1. The zero-order valence-electron chi connectivity index (χ0n) is 17.6. The van der Waals surface area contributed by atoms with Crippen molar-refractivity contribution in [3.05, 3.63) is 47.0 Å². The molecular weight excluding hydrogens is 417 g/mol. The molecule has 2 aliphatic heterocycles. The van der Waals surface area contributed by atoms with Crippen LogP contribution in [-0.2, 0) is 16.0 Å². The van der Waals surface area contributed by atoms with Crippen molar-refractivity contribution in [2.75, 3.05) is 38.2 Å². The van der Waals surface area contributed by atoms with Crippen molar-refractivity contribution in [3.8, 4) is 11.1 Å². The standard InChI is InChI=1S/C24H29ClFN3O2/c25-21-15-28-19(12-24(30)18-2-1-7-27-14-18)11-20(21)17-3-4-22(26)23(10-17)29-13-16-5-8-31-9-6-16/h3-4,10-11,15-16,18,27,29H,1-2,5-9,12-14H2/t18-/m1/s1. The first kappa shape index (κ1) is 22.2. The van der Waals surface area contributed by atoms with Crippen molar-refractivity contribution >= 4 is 23.1 Å². The molecule has 7 heteroatoms. The largest absolute Gasteiger partial charge is 0.382 e. The summed E-state index contributed by atoms with van der Waals surface area (Å²) in [5.41, 5.74) is 2.71. The molecule has 4 rings (SSSR count). The van der Waals surface area contributed by atoms with Gasteiger partial charge in [-0.25, -0.2) is 4.39 Å². The van der Waals surface area contributed by atoms with Gasteiger partial charge in [-0.05, 0) is 61.9 Å².